The predicted molar refractivity (Wildman–Crippen MR) is 196 cm³/mol. The third-order valence-corrected chi connectivity index (χ3v) is 8.45. The summed E-state index contributed by atoms with van der Waals surface area (Å²) >= 11 is 0. The van der Waals surface area contributed by atoms with Gasteiger partial charge >= 0.3 is 25.9 Å². The van der Waals surface area contributed by atoms with Gasteiger partial charge in [0, 0.05) is 13.0 Å². The van der Waals surface area contributed by atoms with Gasteiger partial charge < -0.3 is 35.4 Å². The first-order chi connectivity index (χ1) is 24.8. The monoisotopic (exact) mass is 763 g/mol. The van der Waals surface area contributed by atoms with Crippen LogP contribution in [-0.2, 0) is 55.3 Å². The van der Waals surface area contributed by atoms with Gasteiger partial charge in [0.25, 0.3) is 0 Å². The Morgan fingerprint density at radius 2 is 1.53 bits per heavy atom. The molecule has 2 rings (SSSR count). The first-order valence-electron chi connectivity index (χ1n) is 17.5. The fourth-order valence-electron chi connectivity index (χ4n) is 4.82. The molecule has 0 aromatic heterocycles. The summed E-state index contributed by atoms with van der Waals surface area (Å²) < 4.78 is 33.3. The summed E-state index contributed by atoms with van der Waals surface area (Å²) in [5, 5.41) is 16.5. The molecule has 0 aliphatic heterocycles. The van der Waals surface area contributed by atoms with E-state index < -0.39 is 74.3 Å². The van der Waals surface area contributed by atoms with Crippen LogP contribution in [0.2, 0.25) is 0 Å². The number of carbonyl (C=O) groups excluding carboxylic acids is 4. The van der Waals surface area contributed by atoms with Crippen molar-refractivity contribution in [1.82, 2.24) is 16.0 Å². The lowest BCUT2D eigenvalue weighted by Gasteiger charge is -2.25. The van der Waals surface area contributed by atoms with Crippen molar-refractivity contribution < 1.29 is 57.1 Å². The zero-order valence-corrected chi connectivity index (χ0v) is 32.2. The standard InChI is InChI=1S/C37H54N3O12P/c1-25(2)20-27-15-17-29(18-16-27)26(3)34(44)38-22-30(24-51-53(47,48)50-19-11-10-14-33(42)43)39-32(41)21-31(35(45)52-37(4,5)6)40-36(46)49-23-28-12-8-7-9-13-28/h7-9,12-13,15-18,25-26,30-31H,10-11,14,19-24H2,1-6H3,(H,38,44)(H,39,41)(H,40,46)(H,42,43)(H,47,48)/t26-,30+,31?/m0/s1. The molecule has 0 aliphatic rings. The number of phosphoric ester groups is 1. The number of rotatable bonds is 22. The molecule has 0 fully saturated rings. The fraction of sp³-hybridized carbons (Fsp3) is 0.541. The molecule has 2 aromatic carbocycles. The Morgan fingerprint density at radius 3 is 2.13 bits per heavy atom. The van der Waals surface area contributed by atoms with Crippen LogP contribution in [0.25, 0.3) is 0 Å². The van der Waals surface area contributed by atoms with Crippen molar-refractivity contribution in [2.45, 2.75) is 104 Å². The van der Waals surface area contributed by atoms with Gasteiger partial charge in [-0.25, -0.2) is 14.2 Å². The van der Waals surface area contributed by atoms with Crippen LogP contribution in [0, 0.1) is 5.92 Å². The number of alkyl carbamates (subject to hydrolysis) is 1. The molecule has 53 heavy (non-hydrogen) atoms. The second-order valence-corrected chi connectivity index (χ2v) is 15.5. The van der Waals surface area contributed by atoms with Crippen LogP contribution in [0.1, 0.15) is 89.8 Å². The highest BCUT2D eigenvalue weighted by Crippen LogP contribution is 2.43. The van der Waals surface area contributed by atoms with E-state index >= 15 is 0 Å². The zero-order chi connectivity index (χ0) is 39.6. The van der Waals surface area contributed by atoms with Crippen LogP contribution in [0.4, 0.5) is 4.79 Å². The van der Waals surface area contributed by atoms with E-state index in [1.807, 2.05) is 24.3 Å². The lowest BCUT2D eigenvalue weighted by Crippen LogP contribution is -2.51. The number of carboxylic acids is 1. The molecule has 0 bridgehead atoms. The number of unbranched alkanes of at least 4 members (excludes halogenated alkanes) is 1. The van der Waals surface area contributed by atoms with Crippen molar-refractivity contribution >= 4 is 37.7 Å². The first-order valence-corrected chi connectivity index (χ1v) is 19.0. The van der Waals surface area contributed by atoms with E-state index in [-0.39, 0.29) is 39.0 Å². The SMILES string of the molecule is CC(C)Cc1ccc([C@H](C)C(=O)NC[C@H](COP(=O)(O)OCCCCC(=O)O)NC(=O)CC(NC(=O)OCc2ccccc2)C(=O)OC(C)(C)C)cc1. The minimum atomic E-state index is -4.66. The lowest BCUT2D eigenvalue weighted by molar-refractivity contribution is -0.158. The number of phosphoric acid groups is 1. The van der Waals surface area contributed by atoms with Crippen molar-refractivity contribution in [2.24, 2.45) is 5.92 Å². The van der Waals surface area contributed by atoms with E-state index in [9.17, 15) is 33.4 Å². The second-order valence-electron chi connectivity index (χ2n) is 14.0. The van der Waals surface area contributed by atoms with E-state index in [0.29, 0.717) is 11.5 Å². The number of aliphatic carboxylic acids is 1. The van der Waals surface area contributed by atoms with Gasteiger partial charge in [-0.05, 0) is 69.6 Å². The molecule has 0 spiro atoms. The Morgan fingerprint density at radius 1 is 0.868 bits per heavy atom. The van der Waals surface area contributed by atoms with E-state index in [0.717, 1.165) is 17.5 Å². The van der Waals surface area contributed by atoms with Crippen LogP contribution in [0.15, 0.2) is 54.6 Å². The molecule has 0 aliphatic carbocycles. The third kappa shape index (κ3) is 19.4. The molecule has 3 amide bonds. The number of hydrogen-bond donors (Lipinski definition) is 5. The quantitative estimate of drug-likeness (QED) is 0.0608. The third-order valence-electron chi connectivity index (χ3n) is 7.47. The predicted octanol–water partition coefficient (Wildman–Crippen LogP) is 5.00. The molecule has 0 radical (unpaired) electrons. The second kappa shape index (κ2) is 22.0. The minimum Gasteiger partial charge on any atom is -0.481 e. The van der Waals surface area contributed by atoms with Gasteiger partial charge in [-0.1, -0.05) is 68.4 Å². The summed E-state index contributed by atoms with van der Waals surface area (Å²) in [5.41, 5.74) is 1.64. The van der Waals surface area contributed by atoms with Crippen LogP contribution in [-0.4, -0.2) is 77.3 Å². The summed E-state index contributed by atoms with van der Waals surface area (Å²) in [6.45, 7) is 9.60. The van der Waals surface area contributed by atoms with Gasteiger partial charge in [0.05, 0.1) is 31.6 Å². The Bertz CT molecular complexity index is 1530. The number of esters is 1. The Hall–Kier alpha value is -4.30. The largest absolute Gasteiger partial charge is 0.481 e. The molecule has 16 heteroatoms. The zero-order valence-electron chi connectivity index (χ0n) is 31.3. The molecule has 2 unspecified atom stereocenters. The van der Waals surface area contributed by atoms with Gasteiger partial charge in [-0.3, -0.25) is 23.4 Å². The molecular weight excluding hydrogens is 709 g/mol. The number of benzene rings is 2. The lowest BCUT2D eigenvalue weighted by atomic mass is 9.96. The van der Waals surface area contributed by atoms with Gasteiger partial charge in [0.2, 0.25) is 11.8 Å². The molecule has 294 valence electrons. The van der Waals surface area contributed by atoms with Crippen molar-refractivity contribution in [3.05, 3.63) is 71.3 Å². The van der Waals surface area contributed by atoms with Crippen molar-refractivity contribution in [3.8, 4) is 0 Å². The number of nitrogens with one attached hydrogen (secondary N) is 3. The van der Waals surface area contributed by atoms with Crippen molar-refractivity contribution in [3.63, 3.8) is 0 Å². The number of hydrogen-bond acceptors (Lipinski definition) is 10. The molecule has 0 saturated carbocycles. The average molecular weight is 764 g/mol. The van der Waals surface area contributed by atoms with Crippen LogP contribution >= 0.6 is 7.82 Å². The summed E-state index contributed by atoms with van der Waals surface area (Å²) in [7, 11) is -4.66. The maximum Gasteiger partial charge on any atom is 0.472 e. The molecule has 4 atom stereocenters. The van der Waals surface area contributed by atoms with E-state index in [2.05, 4.69) is 29.8 Å². The van der Waals surface area contributed by atoms with Gasteiger partial charge in [-0.2, -0.15) is 0 Å². The number of amides is 3. The van der Waals surface area contributed by atoms with Gasteiger partial charge in [0.15, 0.2) is 0 Å². The average Bonchev–Trinajstić information content (AvgIpc) is 3.07. The van der Waals surface area contributed by atoms with Gasteiger partial charge in [-0.15, -0.1) is 0 Å². The molecule has 0 saturated heterocycles. The number of ether oxygens (including phenoxy) is 2. The van der Waals surface area contributed by atoms with Crippen LogP contribution in [0.3, 0.4) is 0 Å². The summed E-state index contributed by atoms with van der Waals surface area (Å²) in [5.74, 6) is -3.22. The van der Waals surface area contributed by atoms with Crippen molar-refractivity contribution in [2.75, 3.05) is 19.8 Å². The maximum absolute atomic E-state index is 13.3. The summed E-state index contributed by atoms with van der Waals surface area (Å²) in [6.07, 6.45) is -0.446. The summed E-state index contributed by atoms with van der Waals surface area (Å²) in [6, 6.07) is 13.9. The Labute approximate surface area is 311 Å². The van der Waals surface area contributed by atoms with Crippen LogP contribution < -0.4 is 16.0 Å². The molecule has 15 nitrogen and oxygen atoms in total. The topological polar surface area (TPSA) is 216 Å². The van der Waals surface area contributed by atoms with E-state index in [1.165, 1.54) is 0 Å². The smallest absolute Gasteiger partial charge is 0.472 e. The molecule has 2 aromatic rings. The molecule has 0 heterocycles. The molecular formula is C37H54N3O12P. The highest BCUT2D eigenvalue weighted by atomic mass is 31.2. The normalized spacial score (nSPS) is 14.3. The first kappa shape index (κ1) is 44.9. The van der Waals surface area contributed by atoms with Gasteiger partial charge in [0.1, 0.15) is 18.2 Å². The van der Waals surface area contributed by atoms with Crippen molar-refractivity contribution in [1.29, 1.82) is 0 Å². The van der Waals surface area contributed by atoms with E-state index in [1.54, 1.807) is 58.0 Å². The fourth-order valence-corrected chi connectivity index (χ4v) is 5.62. The Balaban J connectivity index is 2.15. The minimum absolute atomic E-state index is 0.0949. The highest BCUT2D eigenvalue weighted by molar-refractivity contribution is 7.47. The number of carbonyl (C=O) groups is 5. The maximum atomic E-state index is 13.3. The number of carboxylic acid groups (broad SMARTS) is 1. The van der Waals surface area contributed by atoms with Crippen LogP contribution in [0.5, 0.6) is 0 Å². The Kier molecular flexibility index (Phi) is 18.7. The summed E-state index contributed by atoms with van der Waals surface area (Å²) in [4.78, 5) is 73.2. The molecule has 5 N–H and O–H groups in total. The highest BCUT2D eigenvalue weighted by Gasteiger charge is 2.31. The van der Waals surface area contributed by atoms with E-state index in [4.69, 9.17) is 23.6 Å².